The molecule has 0 heterocycles. The summed E-state index contributed by atoms with van der Waals surface area (Å²) >= 11 is 0. The van der Waals surface area contributed by atoms with Crippen LogP contribution in [0.5, 0.6) is 0 Å². The number of carbonyl (C=O) groups is 1. The molecule has 2 aromatic carbocycles. The van der Waals surface area contributed by atoms with Crippen LogP contribution in [0.1, 0.15) is 42.5 Å². The Kier molecular flexibility index (Phi) is 5.74. The van der Waals surface area contributed by atoms with E-state index in [1.165, 1.54) is 5.56 Å². The molecule has 0 saturated carbocycles. The standard InChI is InChI=1S/C20H24N2O3S/c1-15(16-7-3-2-4-8-16)22-20(23)14-21-26(24,25)19-12-11-17-9-5-6-10-18(17)13-19/h2-4,7-8,11-13,15,21H,5-6,9-10,14H2,1H3,(H,22,23). The topological polar surface area (TPSA) is 75.3 Å². The van der Waals surface area contributed by atoms with Gasteiger partial charge in [0.2, 0.25) is 15.9 Å². The summed E-state index contributed by atoms with van der Waals surface area (Å²) in [7, 11) is -3.70. The summed E-state index contributed by atoms with van der Waals surface area (Å²) in [5.41, 5.74) is 3.30. The van der Waals surface area contributed by atoms with Crippen molar-refractivity contribution in [3.8, 4) is 0 Å². The number of carbonyl (C=O) groups excluding carboxylic acids is 1. The Morgan fingerprint density at radius 2 is 1.73 bits per heavy atom. The molecule has 0 fully saturated rings. The van der Waals surface area contributed by atoms with Gasteiger partial charge in [0.25, 0.3) is 0 Å². The summed E-state index contributed by atoms with van der Waals surface area (Å²) in [5, 5.41) is 2.80. The molecule has 26 heavy (non-hydrogen) atoms. The zero-order valence-electron chi connectivity index (χ0n) is 14.9. The quantitative estimate of drug-likeness (QED) is 0.819. The van der Waals surface area contributed by atoms with Crippen molar-refractivity contribution in [1.29, 1.82) is 0 Å². The van der Waals surface area contributed by atoms with Crippen molar-refractivity contribution in [3.05, 3.63) is 65.2 Å². The molecular formula is C20H24N2O3S. The minimum atomic E-state index is -3.70. The van der Waals surface area contributed by atoms with Crippen LogP contribution in [0, 0.1) is 0 Å². The van der Waals surface area contributed by atoms with Gasteiger partial charge in [0.1, 0.15) is 0 Å². The van der Waals surface area contributed by atoms with Crippen LogP contribution in [0.2, 0.25) is 0 Å². The fourth-order valence-electron chi connectivity index (χ4n) is 3.24. The van der Waals surface area contributed by atoms with Crippen LogP contribution in [-0.4, -0.2) is 20.9 Å². The van der Waals surface area contributed by atoms with E-state index in [9.17, 15) is 13.2 Å². The molecule has 2 aromatic rings. The van der Waals surface area contributed by atoms with Crippen molar-refractivity contribution in [2.75, 3.05) is 6.54 Å². The zero-order chi connectivity index (χ0) is 18.6. The smallest absolute Gasteiger partial charge is 0.241 e. The van der Waals surface area contributed by atoms with Crippen molar-refractivity contribution in [1.82, 2.24) is 10.0 Å². The number of rotatable bonds is 6. The first-order valence-electron chi connectivity index (χ1n) is 8.91. The minimum absolute atomic E-state index is 0.183. The fourth-order valence-corrected chi connectivity index (χ4v) is 4.27. The lowest BCUT2D eigenvalue weighted by molar-refractivity contribution is -0.120. The molecule has 0 saturated heterocycles. The summed E-state index contributed by atoms with van der Waals surface area (Å²) in [4.78, 5) is 12.3. The molecule has 0 spiro atoms. The number of sulfonamides is 1. The third kappa shape index (κ3) is 4.51. The van der Waals surface area contributed by atoms with Gasteiger partial charge >= 0.3 is 0 Å². The first-order chi connectivity index (χ1) is 12.5. The van der Waals surface area contributed by atoms with Gasteiger partial charge in [-0.15, -0.1) is 0 Å². The molecule has 1 atom stereocenters. The number of fused-ring (bicyclic) bond motifs is 1. The molecule has 5 nitrogen and oxygen atoms in total. The second kappa shape index (κ2) is 8.01. The number of aryl methyl sites for hydroxylation is 2. The van der Waals surface area contributed by atoms with Crippen molar-refractivity contribution in [2.24, 2.45) is 0 Å². The molecule has 6 heteroatoms. The average Bonchev–Trinajstić information content (AvgIpc) is 2.67. The van der Waals surface area contributed by atoms with Gasteiger partial charge in [-0.05, 0) is 61.4 Å². The normalized spacial score (nSPS) is 15.1. The number of benzene rings is 2. The summed E-state index contributed by atoms with van der Waals surface area (Å²) in [5.74, 6) is -0.358. The highest BCUT2D eigenvalue weighted by atomic mass is 32.2. The molecule has 3 rings (SSSR count). The zero-order valence-corrected chi connectivity index (χ0v) is 15.7. The van der Waals surface area contributed by atoms with E-state index in [2.05, 4.69) is 10.0 Å². The highest BCUT2D eigenvalue weighted by Gasteiger charge is 2.19. The summed E-state index contributed by atoms with van der Waals surface area (Å²) < 4.78 is 27.4. The highest BCUT2D eigenvalue weighted by molar-refractivity contribution is 7.89. The number of nitrogens with one attached hydrogen (secondary N) is 2. The van der Waals surface area contributed by atoms with Crippen molar-refractivity contribution in [3.63, 3.8) is 0 Å². The Labute approximate surface area is 154 Å². The van der Waals surface area contributed by atoms with E-state index >= 15 is 0 Å². The first-order valence-corrected chi connectivity index (χ1v) is 10.4. The second-order valence-electron chi connectivity index (χ2n) is 6.66. The van der Waals surface area contributed by atoms with E-state index in [1.807, 2.05) is 43.3 Å². The molecule has 1 unspecified atom stereocenters. The Morgan fingerprint density at radius 1 is 1.04 bits per heavy atom. The van der Waals surface area contributed by atoms with E-state index in [4.69, 9.17) is 0 Å². The number of hydrogen-bond acceptors (Lipinski definition) is 3. The summed E-state index contributed by atoms with van der Waals surface area (Å²) in [6.07, 6.45) is 4.15. The minimum Gasteiger partial charge on any atom is -0.348 e. The van der Waals surface area contributed by atoms with Gasteiger partial charge in [-0.25, -0.2) is 13.1 Å². The SMILES string of the molecule is CC(NC(=O)CNS(=O)(=O)c1ccc2c(c1)CCCC2)c1ccccc1. The molecule has 1 aliphatic carbocycles. The largest absolute Gasteiger partial charge is 0.348 e. The van der Waals surface area contributed by atoms with Crippen LogP contribution < -0.4 is 10.0 Å². The molecule has 0 aliphatic heterocycles. The maximum Gasteiger partial charge on any atom is 0.241 e. The van der Waals surface area contributed by atoms with Gasteiger partial charge in [-0.3, -0.25) is 4.79 Å². The van der Waals surface area contributed by atoms with E-state index in [1.54, 1.807) is 12.1 Å². The van der Waals surface area contributed by atoms with E-state index in [0.29, 0.717) is 0 Å². The summed E-state index contributed by atoms with van der Waals surface area (Å²) in [6, 6.07) is 14.6. The van der Waals surface area contributed by atoms with Gasteiger partial charge in [-0.2, -0.15) is 0 Å². The van der Waals surface area contributed by atoms with Crippen LogP contribution in [-0.2, 0) is 27.7 Å². The molecule has 138 valence electrons. The van der Waals surface area contributed by atoms with E-state index in [0.717, 1.165) is 36.8 Å². The molecular weight excluding hydrogens is 348 g/mol. The lowest BCUT2D eigenvalue weighted by atomic mass is 9.92. The molecule has 0 bridgehead atoms. The van der Waals surface area contributed by atoms with Crippen LogP contribution >= 0.6 is 0 Å². The average molecular weight is 372 g/mol. The predicted octanol–water partition coefficient (Wildman–Crippen LogP) is 2.72. The van der Waals surface area contributed by atoms with Crippen molar-refractivity contribution < 1.29 is 13.2 Å². The maximum absolute atomic E-state index is 12.5. The second-order valence-corrected chi connectivity index (χ2v) is 8.43. The van der Waals surface area contributed by atoms with Crippen LogP contribution in [0.15, 0.2) is 53.4 Å². The molecule has 2 N–H and O–H groups in total. The van der Waals surface area contributed by atoms with E-state index in [-0.39, 0.29) is 23.4 Å². The molecule has 0 radical (unpaired) electrons. The lowest BCUT2D eigenvalue weighted by Gasteiger charge is -2.17. The van der Waals surface area contributed by atoms with Gasteiger partial charge in [0.15, 0.2) is 0 Å². The van der Waals surface area contributed by atoms with Gasteiger partial charge in [0, 0.05) is 0 Å². The van der Waals surface area contributed by atoms with Crippen molar-refractivity contribution >= 4 is 15.9 Å². The molecule has 0 aromatic heterocycles. The van der Waals surface area contributed by atoms with Gasteiger partial charge in [0.05, 0.1) is 17.5 Å². The number of hydrogen-bond donors (Lipinski definition) is 2. The van der Waals surface area contributed by atoms with Crippen LogP contribution in [0.4, 0.5) is 0 Å². The Morgan fingerprint density at radius 3 is 2.46 bits per heavy atom. The highest BCUT2D eigenvalue weighted by Crippen LogP contribution is 2.24. The first kappa shape index (κ1) is 18.6. The Balaban J connectivity index is 1.60. The van der Waals surface area contributed by atoms with Gasteiger partial charge < -0.3 is 5.32 Å². The summed E-state index contributed by atoms with van der Waals surface area (Å²) in [6.45, 7) is 1.59. The van der Waals surface area contributed by atoms with Crippen LogP contribution in [0.3, 0.4) is 0 Å². The third-order valence-corrected chi connectivity index (χ3v) is 6.13. The van der Waals surface area contributed by atoms with E-state index < -0.39 is 10.0 Å². The third-order valence-electron chi connectivity index (χ3n) is 4.73. The Bertz CT molecular complexity index is 879. The lowest BCUT2D eigenvalue weighted by Crippen LogP contribution is -2.38. The molecule has 1 amide bonds. The molecule has 1 aliphatic rings. The fraction of sp³-hybridized carbons (Fsp3) is 0.350. The van der Waals surface area contributed by atoms with Crippen molar-refractivity contribution in [2.45, 2.75) is 43.5 Å². The van der Waals surface area contributed by atoms with Crippen LogP contribution in [0.25, 0.3) is 0 Å². The number of amides is 1. The van der Waals surface area contributed by atoms with Gasteiger partial charge in [-0.1, -0.05) is 36.4 Å². The predicted molar refractivity (Wildman–Crippen MR) is 101 cm³/mol. The maximum atomic E-state index is 12.5. The Hall–Kier alpha value is -2.18. The monoisotopic (exact) mass is 372 g/mol.